The summed E-state index contributed by atoms with van der Waals surface area (Å²) in [6.07, 6.45) is -0.0633. The molecule has 0 aliphatic heterocycles. The lowest BCUT2D eigenvalue weighted by Crippen LogP contribution is -2.06. The summed E-state index contributed by atoms with van der Waals surface area (Å²) in [5.74, 6) is -0.869. The third-order valence-electron chi connectivity index (χ3n) is 4.04. The Kier molecular flexibility index (Phi) is 3.89. The first-order valence-corrected chi connectivity index (χ1v) is 8.66. The molecule has 2 aromatic carbocycles. The number of para-hydroxylation sites is 3. The highest BCUT2D eigenvalue weighted by molar-refractivity contribution is 7.99. The fourth-order valence-electron chi connectivity index (χ4n) is 2.89. The molecule has 0 aliphatic rings. The third-order valence-corrected chi connectivity index (χ3v) is 5.10. The third kappa shape index (κ3) is 2.96. The second-order valence-electron chi connectivity index (χ2n) is 5.75. The van der Waals surface area contributed by atoms with Crippen molar-refractivity contribution in [2.45, 2.75) is 23.4 Å². The van der Waals surface area contributed by atoms with Gasteiger partial charge in [0.2, 0.25) is 0 Å². The first kappa shape index (κ1) is 15.7. The highest BCUT2D eigenvalue weighted by Crippen LogP contribution is 2.36. The Balaban J connectivity index is 1.89. The largest absolute Gasteiger partial charge is 0.481 e. The number of carboxylic acid groups (broad SMARTS) is 1. The summed E-state index contributed by atoms with van der Waals surface area (Å²) in [6.45, 7) is 1.85. The van der Waals surface area contributed by atoms with Crippen LogP contribution in [0, 0.1) is 6.92 Å². The Bertz CT molecular complexity index is 1070. The van der Waals surface area contributed by atoms with Gasteiger partial charge in [0.05, 0.1) is 23.0 Å². The number of pyridine rings is 1. The van der Waals surface area contributed by atoms with Crippen LogP contribution in [0.15, 0.2) is 58.6 Å². The Morgan fingerprint density at radius 3 is 2.56 bits per heavy atom. The number of aliphatic carboxylic acids is 1. The monoisotopic (exact) mass is 349 g/mol. The second kappa shape index (κ2) is 6.22. The van der Waals surface area contributed by atoms with E-state index in [4.69, 9.17) is 0 Å². The number of imidazole rings is 1. The minimum atomic E-state index is -0.869. The predicted octanol–water partition coefficient (Wildman–Crippen LogP) is 4.20. The van der Waals surface area contributed by atoms with Gasteiger partial charge in [-0.3, -0.25) is 9.78 Å². The molecule has 0 unspecified atom stereocenters. The standard InChI is InChI=1S/C19H15N3O2S/c1-11-13(10-17(23)24)18(12-6-2-3-7-14(12)20-11)25-19-21-15-8-4-5-9-16(15)22-19/h2-9H,10H2,1H3,(H,21,22)(H,23,24). The lowest BCUT2D eigenvalue weighted by atomic mass is 10.1. The lowest BCUT2D eigenvalue weighted by molar-refractivity contribution is -0.136. The summed E-state index contributed by atoms with van der Waals surface area (Å²) in [4.78, 5) is 24.7. The van der Waals surface area contributed by atoms with Crippen molar-refractivity contribution < 1.29 is 9.90 Å². The molecule has 0 bridgehead atoms. The first-order chi connectivity index (χ1) is 12.1. The van der Waals surface area contributed by atoms with Gasteiger partial charge in [0.25, 0.3) is 0 Å². The SMILES string of the molecule is Cc1nc2ccccc2c(Sc2nc3ccccc3[nH]2)c1CC(=O)O. The predicted molar refractivity (Wildman–Crippen MR) is 98.0 cm³/mol. The quantitative estimate of drug-likeness (QED) is 0.577. The van der Waals surface area contributed by atoms with Gasteiger partial charge < -0.3 is 10.1 Å². The Hall–Kier alpha value is -2.86. The van der Waals surface area contributed by atoms with E-state index in [1.165, 1.54) is 11.8 Å². The summed E-state index contributed by atoms with van der Waals surface area (Å²) in [6, 6.07) is 15.6. The average molecular weight is 349 g/mol. The van der Waals surface area contributed by atoms with Crippen LogP contribution < -0.4 is 0 Å². The molecule has 2 heterocycles. The van der Waals surface area contributed by atoms with Gasteiger partial charge in [-0.25, -0.2) is 4.98 Å². The number of benzene rings is 2. The van der Waals surface area contributed by atoms with Crippen LogP contribution in [0.25, 0.3) is 21.9 Å². The highest BCUT2D eigenvalue weighted by Gasteiger charge is 2.17. The molecule has 0 amide bonds. The van der Waals surface area contributed by atoms with E-state index < -0.39 is 5.97 Å². The Labute approximate surface area is 148 Å². The molecule has 0 radical (unpaired) electrons. The van der Waals surface area contributed by atoms with Crippen LogP contribution in [0.2, 0.25) is 0 Å². The summed E-state index contributed by atoms with van der Waals surface area (Å²) < 4.78 is 0. The molecule has 0 fully saturated rings. The zero-order valence-electron chi connectivity index (χ0n) is 13.5. The number of nitrogens with zero attached hydrogens (tertiary/aromatic N) is 2. The van der Waals surface area contributed by atoms with Gasteiger partial charge in [0.15, 0.2) is 5.16 Å². The summed E-state index contributed by atoms with van der Waals surface area (Å²) in [7, 11) is 0. The number of H-pyrrole nitrogens is 1. The fraction of sp³-hybridized carbons (Fsp3) is 0.105. The zero-order valence-corrected chi connectivity index (χ0v) is 14.3. The number of hydrogen-bond donors (Lipinski definition) is 2. The Morgan fingerprint density at radius 1 is 1.08 bits per heavy atom. The van der Waals surface area contributed by atoms with Crippen LogP contribution in [0.5, 0.6) is 0 Å². The van der Waals surface area contributed by atoms with E-state index in [9.17, 15) is 9.90 Å². The number of fused-ring (bicyclic) bond motifs is 2. The van der Waals surface area contributed by atoms with Crippen molar-refractivity contribution in [3.05, 3.63) is 59.8 Å². The molecule has 0 spiro atoms. The van der Waals surface area contributed by atoms with Crippen molar-refractivity contribution in [3.8, 4) is 0 Å². The van der Waals surface area contributed by atoms with E-state index >= 15 is 0 Å². The van der Waals surface area contributed by atoms with Crippen LogP contribution in [0.3, 0.4) is 0 Å². The van der Waals surface area contributed by atoms with Crippen LogP contribution >= 0.6 is 11.8 Å². The number of nitrogens with one attached hydrogen (secondary N) is 1. The van der Waals surface area contributed by atoms with Gasteiger partial charge in [0.1, 0.15) is 0 Å². The van der Waals surface area contributed by atoms with E-state index in [-0.39, 0.29) is 6.42 Å². The average Bonchev–Trinajstić information content (AvgIpc) is 3.00. The van der Waals surface area contributed by atoms with Crippen LogP contribution in [0.1, 0.15) is 11.3 Å². The molecule has 2 aromatic heterocycles. The molecule has 6 heteroatoms. The van der Waals surface area contributed by atoms with Crippen molar-refractivity contribution in [2.75, 3.05) is 0 Å². The number of carboxylic acids is 1. The minimum Gasteiger partial charge on any atom is -0.481 e. The molecule has 0 saturated heterocycles. The Morgan fingerprint density at radius 2 is 1.80 bits per heavy atom. The van der Waals surface area contributed by atoms with Gasteiger partial charge in [-0.1, -0.05) is 42.1 Å². The number of rotatable bonds is 4. The maximum atomic E-state index is 11.3. The zero-order chi connectivity index (χ0) is 17.4. The number of aromatic nitrogens is 3. The molecule has 4 rings (SSSR count). The van der Waals surface area contributed by atoms with Gasteiger partial charge in [0, 0.05) is 16.0 Å². The maximum Gasteiger partial charge on any atom is 0.307 e. The molecule has 124 valence electrons. The van der Waals surface area contributed by atoms with Crippen LogP contribution in [-0.4, -0.2) is 26.0 Å². The number of aryl methyl sites for hydroxylation is 1. The van der Waals surface area contributed by atoms with E-state index in [1.807, 2.05) is 55.5 Å². The molecular formula is C19H15N3O2S. The molecule has 25 heavy (non-hydrogen) atoms. The molecule has 0 atom stereocenters. The first-order valence-electron chi connectivity index (χ1n) is 7.84. The maximum absolute atomic E-state index is 11.3. The van der Waals surface area contributed by atoms with Crippen molar-refractivity contribution in [1.29, 1.82) is 0 Å². The molecule has 4 aromatic rings. The molecule has 0 aliphatic carbocycles. The van der Waals surface area contributed by atoms with E-state index in [0.29, 0.717) is 0 Å². The van der Waals surface area contributed by atoms with E-state index in [2.05, 4.69) is 15.0 Å². The summed E-state index contributed by atoms with van der Waals surface area (Å²) >= 11 is 1.46. The fourth-order valence-corrected chi connectivity index (χ4v) is 4.01. The number of hydrogen-bond acceptors (Lipinski definition) is 4. The summed E-state index contributed by atoms with van der Waals surface area (Å²) in [5, 5.41) is 11.0. The van der Waals surface area contributed by atoms with Crippen molar-refractivity contribution in [2.24, 2.45) is 0 Å². The molecule has 0 saturated carbocycles. The molecule has 5 nitrogen and oxygen atoms in total. The summed E-state index contributed by atoms with van der Waals surface area (Å²) in [5.41, 5.74) is 4.17. The van der Waals surface area contributed by atoms with Gasteiger partial charge in [-0.15, -0.1) is 0 Å². The van der Waals surface area contributed by atoms with Crippen molar-refractivity contribution >= 4 is 39.7 Å². The van der Waals surface area contributed by atoms with Crippen LogP contribution in [-0.2, 0) is 11.2 Å². The number of carbonyl (C=O) groups is 1. The van der Waals surface area contributed by atoms with Gasteiger partial charge in [-0.05, 0) is 30.7 Å². The molecule has 2 N–H and O–H groups in total. The smallest absolute Gasteiger partial charge is 0.307 e. The number of aromatic amines is 1. The minimum absolute atomic E-state index is 0.0633. The van der Waals surface area contributed by atoms with Crippen LogP contribution in [0.4, 0.5) is 0 Å². The van der Waals surface area contributed by atoms with Gasteiger partial charge in [-0.2, -0.15) is 0 Å². The van der Waals surface area contributed by atoms with Gasteiger partial charge >= 0.3 is 5.97 Å². The lowest BCUT2D eigenvalue weighted by Gasteiger charge is -2.12. The normalized spacial score (nSPS) is 11.2. The highest BCUT2D eigenvalue weighted by atomic mass is 32.2. The topological polar surface area (TPSA) is 78.9 Å². The van der Waals surface area contributed by atoms with E-state index in [0.717, 1.165) is 43.2 Å². The van der Waals surface area contributed by atoms with E-state index in [1.54, 1.807) is 0 Å². The second-order valence-corrected chi connectivity index (χ2v) is 6.75. The van der Waals surface area contributed by atoms with Crippen molar-refractivity contribution in [1.82, 2.24) is 15.0 Å². The van der Waals surface area contributed by atoms with Crippen molar-refractivity contribution in [3.63, 3.8) is 0 Å². The molecular weight excluding hydrogens is 334 g/mol.